The highest BCUT2D eigenvalue weighted by Crippen LogP contribution is 2.28. The molecule has 1 atom stereocenters. The maximum atomic E-state index is 12.8. The molecule has 0 radical (unpaired) electrons. The van der Waals surface area contributed by atoms with E-state index in [0.717, 1.165) is 12.8 Å². The Morgan fingerprint density at radius 2 is 2.24 bits per heavy atom. The van der Waals surface area contributed by atoms with Gasteiger partial charge in [0.2, 0.25) is 5.91 Å². The molecule has 1 aromatic heterocycles. The summed E-state index contributed by atoms with van der Waals surface area (Å²) in [6, 6.07) is 1.89. The smallest absolute Gasteiger partial charge is 0.230 e. The Labute approximate surface area is 126 Å². The molecule has 1 unspecified atom stereocenters. The fourth-order valence-corrected chi connectivity index (χ4v) is 2.90. The van der Waals surface area contributed by atoms with Gasteiger partial charge in [-0.1, -0.05) is 13.8 Å². The first-order chi connectivity index (χ1) is 10.1. The molecule has 2 heterocycles. The molecule has 0 aliphatic carbocycles. The average molecular weight is 294 g/mol. The number of hydrogen-bond acceptors (Lipinski definition) is 4. The molecule has 1 aliphatic rings. The van der Waals surface area contributed by atoms with Crippen LogP contribution in [0.1, 0.15) is 26.7 Å². The Morgan fingerprint density at radius 1 is 1.48 bits per heavy atom. The Kier molecular flexibility index (Phi) is 5.36. The number of carbonyl (C=O) groups is 1. The van der Waals surface area contributed by atoms with Gasteiger partial charge in [0.1, 0.15) is 0 Å². The lowest BCUT2D eigenvalue weighted by atomic mass is 9.80. The standard InChI is InChI=1S/C15H26N4O2/c1-3-15(4-2,12-16)14(20)18-8-9-21-13(10-18)11-19-7-5-6-17-19/h5-7,13H,3-4,8-12,16H2,1-2H3. The van der Waals surface area contributed by atoms with Crippen LogP contribution in [0.2, 0.25) is 0 Å². The minimum absolute atomic E-state index is 0.00760. The highest BCUT2D eigenvalue weighted by molar-refractivity contribution is 5.83. The molecule has 6 heteroatoms. The third-order valence-corrected chi connectivity index (χ3v) is 4.57. The Bertz CT molecular complexity index is 434. The van der Waals surface area contributed by atoms with Crippen molar-refractivity contribution in [2.24, 2.45) is 11.1 Å². The van der Waals surface area contributed by atoms with Gasteiger partial charge in [0, 0.05) is 32.0 Å². The number of ether oxygens (including phenoxy) is 1. The Balaban J connectivity index is 2.01. The van der Waals surface area contributed by atoms with Crippen molar-refractivity contribution in [3.8, 4) is 0 Å². The van der Waals surface area contributed by atoms with Gasteiger partial charge in [0.15, 0.2) is 0 Å². The number of rotatable bonds is 6. The van der Waals surface area contributed by atoms with Crippen molar-refractivity contribution < 1.29 is 9.53 Å². The van der Waals surface area contributed by atoms with Crippen LogP contribution >= 0.6 is 0 Å². The number of hydrogen-bond donors (Lipinski definition) is 1. The molecular weight excluding hydrogens is 268 g/mol. The highest BCUT2D eigenvalue weighted by Gasteiger charge is 2.38. The van der Waals surface area contributed by atoms with Gasteiger partial charge < -0.3 is 15.4 Å². The number of nitrogens with zero attached hydrogens (tertiary/aromatic N) is 3. The van der Waals surface area contributed by atoms with E-state index < -0.39 is 5.41 Å². The molecule has 1 amide bonds. The molecule has 6 nitrogen and oxygen atoms in total. The minimum Gasteiger partial charge on any atom is -0.373 e. The van der Waals surface area contributed by atoms with Gasteiger partial charge in [-0.25, -0.2) is 0 Å². The first-order valence-electron chi connectivity index (χ1n) is 7.73. The summed E-state index contributed by atoms with van der Waals surface area (Å²) in [4.78, 5) is 14.7. The third kappa shape index (κ3) is 3.44. The summed E-state index contributed by atoms with van der Waals surface area (Å²) in [5.74, 6) is 0.170. The summed E-state index contributed by atoms with van der Waals surface area (Å²) >= 11 is 0. The summed E-state index contributed by atoms with van der Waals surface area (Å²) in [5.41, 5.74) is 5.46. The van der Waals surface area contributed by atoms with Gasteiger partial charge >= 0.3 is 0 Å². The van der Waals surface area contributed by atoms with Gasteiger partial charge in [-0.15, -0.1) is 0 Å². The number of amides is 1. The molecule has 1 fully saturated rings. The predicted octanol–water partition coefficient (Wildman–Crippen LogP) is 0.876. The largest absolute Gasteiger partial charge is 0.373 e. The van der Waals surface area contributed by atoms with Crippen LogP contribution < -0.4 is 5.73 Å². The van der Waals surface area contributed by atoms with Crippen LogP contribution in [-0.4, -0.2) is 52.9 Å². The number of carbonyl (C=O) groups excluding carboxylic acids is 1. The summed E-state index contributed by atoms with van der Waals surface area (Å²) in [5, 5.41) is 4.19. The Morgan fingerprint density at radius 3 is 2.81 bits per heavy atom. The zero-order valence-electron chi connectivity index (χ0n) is 13.0. The van der Waals surface area contributed by atoms with Crippen LogP contribution in [0.4, 0.5) is 0 Å². The molecule has 1 aliphatic heterocycles. The van der Waals surface area contributed by atoms with Crippen molar-refractivity contribution in [2.45, 2.75) is 39.3 Å². The molecule has 2 N–H and O–H groups in total. The minimum atomic E-state index is -0.423. The maximum absolute atomic E-state index is 12.8. The van der Waals surface area contributed by atoms with Crippen molar-refractivity contribution >= 4 is 5.91 Å². The number of nitrogens with two attached hydrogens (primary N) is 1. The molecule has 0 saturated carbocycles. The van der Waals surface area contributed by atoms with Crippen LogP contribution in [0, 0.1) is 5.41 Å². The highest BCUT2D eigenvalue weighted by atomic mass is 16.5. The maximum Gasteiger partial charge on any atom is 0.230 e. The van der Waals surface area contributed by atoms with Crippen molar-refractivity contribution in [3.05, 3.63) is 18.5 Å². The van der Waals surface area contributed by atoms with Crippen molar-refractivity contribution in [1.29, 1.82) is 0 Å². The second-order valence-corrected chi connectivity index (χ2v) is 5.66. The van der Waals surface area contributed by atoms with Crippen molar-refractivity contribution in [3.63, 3.8) is 0 Å². The van der Waals surface area contributed by atoms with E-state index in [4.69, 9.17) is 10.5 Å². The van der Waals surface area contributed by atoms with Gasteiger partial charge in [-0.05, 0) is 18.9 Å². The van der Waals surface area contributed by atoms with Crippen LogP contribution in [-0.2, 0) is 16.1 Å². The van der Waals surface area contributed by atoms with E-state index in [-0.39, 0.29) is 12.0 Å². The van der Waals surface area contributed by atoms with E-state index in [1.54, 1.807) is 6.20 Å². The monoisotopic (exact) mass is 294 g/mol. The van der Waals surface area contributed by atoms with Crippen LogP contribution in [0.15, 0.2) is 18.5 Å². The zero-order valence-corrected chi connectivity index (χ0v) is 13.0. The van der Waals surface area contributed by atoms with Crippen molar-refractivity contribution in [2.75, 3.05) is 26.2 Å². The lowest BCUT2D eigenvalue weighted by molar-refractivity contribution is -0.150. The first kappa shape index (κ1) is 16.0. The fraction of sp³-hybridized carbons (Fsp3) is 0.733. The molecule has 1 aromatic rings. The van der Waals surface area contributed by atoms with Crippen LogP contribution in [0.25, 0.3) is 0 Å². The van der Waals surface area contributed by atoms with E-state index in [9.17, 15) is 4.79 Å². The van der Waals surface area contributed by atoms with Gasteiger partial charge in [0.05, 0.1) is 24.7 Å². The van der Waals surface area contributed by atoms with Gasteiger partial charge in [-0.3, -0.25) is 9.48 Å². The van der Waals surface area contributed by atoms with E-state index in [1.165, 1.54) is 0 Å². The predicted molar refractivity (Wildman–Crippen MR) is 80.6 cm³/mol. The lowest BCUT2D eigenvalue weighted by Gasteiger charge is -2.39. The average Bonchev–Trinajstić information content (AvgIpc) is 3.02. The zero-order chi connectivity index (χ0) is 15.3. The lowest BCUT2D eigenvalue weighted by Crippen LogP contribution is -2.54. The second kappa shape index (κ2) is 7.04. The van der Waals surface area contributed by atoms with Crippen LogP contribution in [0.5, 0.6) is 0 Å². The first-order valence-corrected chi connectivity index (χ1v) is 7.73. The number of aromatic nitrogens is 2. The summed E-state index contributed by atoms with van der Waals surface area (Å²) in [6.07, 6.45) is 5.21. The molecule has 0 bridgehead atoms. The van der Waals surface area contributed by atoms with Gasteiger partial charge in [0.25, 0.3) is 0 Å². The van der Waals surface area contributed by atoms with Crippen molar-refractivity contribution in [1.82, 2.24) is 14.7 Å². The molecule has 1 saturated heterocycles. The third-order valence-electron chi connectivity index (χ3n) is 4.57. The molecule has 118 valence electrons. The normalized spacial score (nSPS) is 19.8. The molecule has 0 spiro atoms. The summed E-state index contributed by atoms with van der Waals surface area (Å²) in [6.45, 7) is 6.99. The van der Waals surface area contributed by atoms with Gasteiger partial charge in [-0.2, -0.15) is 5.10 Å². The molecular formula is C15H26N4O2. The molecule has 2 rings (SSSR count). The van der Waals surface area contributed by atoms with E-state index in [0.29, 0.717) is 32.8 Å². The quantitative estimate of drug-likeness (QED) is 0.845. The van der Waals surface area contributed by atoms with Crippen LogP contribution in [0.3, 0.4) is 0 Å². The Hall–Kier alpha value is -1.40. The SMILES string of the molecule is CCC(CC)(CN)C(=O)N1CCOC(Cn2cccn2)C1. The summed E-state index contributed by atoms with van der Waals surface area (Å²) in [7, 11) is 0. The topological polar surface area (TPSA) is 73.4 Å². The number of morpholine rings is 1. The van der Waals surface area contributed by atoms with E-state index in [1.807, 2.05) is 35.7 Å². The molecule has 21 heavy (non-hydrogen) atoms. The van der Waals surface area contributed by atoms with E-state index >= 15 is 0 Å². The summed E-state index contributed by atoms with van der Waals surface area (Å²) < 4.78 is 7.60. The molecule has 0 aromatic carbocycles. The fourth-order valence-electron chi connectivity index (χ4n) is 2.90. The van der Waals surface area contributed by atoms with E-state index in [2.05, 4.69) is 5.10 Å². The second-order valence-electron chi connectivity index (χ2n) is 5.66.